The van der Waals surface area contributed by atoms with Crippen LogP contribution in [0.2, 0.25) is 0 Å². The lowest BCUT2D eigenvalue weighted by atomic mass is 10.2. The number of amides is 1. The summed E-state index contributed by atoms with van der Waals surface area (Å²) in [6.07, 6.45) is 0.535. The van der Waals surface area contributed by atoms with E-state index in [4.69, 9.17) is 19.0 Å². The van der Waals surface area contributed by atoms with Gasteiger partial charge in [0, 0.05) is 12.1 Å². The zero-order valence-corrected chi connectivity index (χ0v) is 13.5. The van der Waals surface area contributed by atoms with E-state index in [1.165, 1.54) is 13.2 Å². The van der Waals surface area contributed by atoms with Crippen LogP contribution in [0.5, 0.6) is 11.5 Å². The molecular weight excluding hydrogens is 330 g/mol. The number of carboxylic acid groups (broad SMARTS) is 1. The average Bonchev–Trinajstić information content (AvgIpc) is 3.08. The Balaban J connectivity index is 1.94. The van der Waals surface area contributed by atoms with Gasteiger partial charge in [-0.25, -0.2) is 0 Å². The van der Waals surface area contributed by atoms with Crippen LogP contribution in [0.4, 0.5) is 0 Å². The Morgan fingerprint density at radius 2 is 2.04 bits per heavy atom. The number of hydrogen-bond acceptors (Lipinski definition) is 6. The van der Waals surface area contributed by atoms with Crippen LogP contribution >= 0.6 is 0 Å². The van der Waals surface area contributed by atoms with Crippen LogP contribution in [-0.4, -0.2) is 36.9 Å². The van der Waals surface area contributed by atoms with E-state index in [9.17, 15) is 14.4 Å². The number of benzene rings is 1. The van der Waals surface area contributed by atoms with Crippen LogP contribution in [0.15, 0.2) is 34.7 Å². The fraction of sp³-hybridized carbons (Fsp3) is 0.235. The number of furan rings is 1. The molecule has 0 unspecified atom stereocenters. The van der Waals surface area contributed by atoms with Gasteiger partial charge in [-0.2, -0.15) is 0 Å². The number of carboxylic acids is 1. The van der Waals surface area contributed by atoms with Gasteiger partial charge in [-0.3, -0.25) is 14.4 Å². The molecule has 0 saturated carbocycles. The summed E-state index contributed by atoms with van der Waals surface area (Å²) in [7, 11) is 1.46. The molecule has 0 atom stereocenters. The minimum atomic E-state index is -0.997. The van der Waals surface area contributed by atoms with E-state index in [2.05, 4.69) is 5.32 Å². The van der Waals surface area contributed by atoms with Crippen LogP contribution < -0.4 is 14.8 Å². The zero-order chi connectivity index (χ0) is 18.2. The first-order valence-corrected chi connectivity index (χ1v) is 7.38. The van der Waals surface area contributed by atoms with Crippen LogP contribution in [-0.2, 0) is 11.4 Å². The van der Waals surface area contributed by atoms with E-state index in [1.807, 2.05) is 0 Å². The average molecular weight is 347 g/mol. The number of ether oxygens (including phenoxy) is 2. The van der Waals surface area contributed by atoms with Crippen molar-refractivity contribution in [3.05, 3.63) is 47.4 Å². The summed E-state index contributed by atoms with van der Waals surface area (Å²) >= 11 is 0. The highest BCUT2D eigenvalue weighted by Crippen LogP contribution is 2.28. The third-order valence-corrected chi connectivity index (χ3v) is 3.20. The van der Waals surface area contributed by atoms with Crippen molar-refractivity contribution in [2.45, 2.75) is 13.0 Å². The summed E-state index contributed by atoms with van der Waals surface area (Å²) in [5.41, 5.74) is 0.461. The van der Waals surface area contributed by atoms with Crippen molar-refractivity contribution in [2.24, 2.45) is 0 Å². The Bertz CT molecular complexity index is 766. The van der Waals surface area contributed by atoms with Crippen molar-refractivity contribution in [3.8, 4) is 11.5 Å². The summed E-state index contributed by atoms with van der Waals surface area (Å²) in [6.45, 7) is 0.0696. The van der Waals surface area contributed by atoms with E-state index >= 15 is 0 Å². The van der Waals surface area contributed by atoms with Gasteiger partial charge in [-0.1, -0.05) is 0 Å². The Morgan fingerprint density at radius 1 is 1.24 bits per heavy atom. The van der Waals surface area contributed by atoms with Crippen LogP contribution in [0.3, 0.4) is 0 Å². The summed E-state index contributed by atoms with van der Waals surface area (Å²) in [4.78, 5) is 33.0. The maximum Gasteiger partial charge on any atom is 0.305 e. The first-order chi connectivity index (χ1) is 12.0. The summed E-state index contributed by atoms with van der Waals surface area (Å²) in [6, 6.07) is 7.80. The molecular formula is C17H17NO7. The quantitative estimate of drug-likeness (QED) is 0.665. The Kier molecular flexibility index (Phi) is 6.16. The van der Waals surface area contributed by atoms with Crippen molar-refractivity contribution in [3.63, 3.8) is 0 Å². The molecule has 8 heteroatoms. The van der Waals surface area contributed by atoms with E-state index in [0.717, 1.165) is 0 Å². The molecule has 2 N–H and O–H groups in total. The normalized spacial score (nSPS) is 10.1. The van der Waals surface area contributed by atoms with Gasteiger partial charge in [-0.15, -0.1) is 0 Å². The SMILES string of the molecule is COc1cc(C=O)ccc1OCc1ccc(C(=O)NCCC(=O)O)o1. The predicted octanol–water partition coefficient (Wildman–Crippen LogP) is 1.88. The number of rotatable bonds is 9. The van der Waals surface area contributed by atoms with Gasteiger partial charge in [0.2, 0.25) is 0 Å². The first kappa shape index (κ1) is 18.1. The highest BCUT2D eigenvalue weighted by molar-refractivity contribution is 5.91. The Morgan fingerprint density at radius 3 is 2.72 bits per heavy atom. The zero-order valence-electron chi connectivity index (χ0n) is 13.5. The largest absolute Gasteiger partial charge is 0.493 e. The molecule has 0 aliphatic carbocycles. The van der Waals surface area contributed by atoms with Crippen molar-refractivity contribution in [2.75, 3.05) is 13.7 Å². The first-order valence-electron chi connectivity index (χ1n) is 7.38. The van der Waals surface area contributed by atoms with Crippen LogP contribution in [0, 0.1) is 0 Å². The number of carbonyl (C=O) groups excluding carboxylic acids is 2. The van der Waals surface area contributed by atoms with Crippen molar-refractivity contribution < 1.29 is 33.4 Å². The van der Waals surface area contributed by atoms with Crippen molar-refractivity contribution in [1.29, 1.82) is 0 Å². The topological polar surface area (TPSA) is 115 Å². The fourth-order valence-corrected chi connectivity index (χ4v) is 1.97. The maximum absolute atomic E-state index is 11.8. The molecule has 0 radical (unpaired) electrons. The lowest BCUT2D eigenvalue weighted by molar-refractivity contribution is -0.136. The third-order valence-electron chi connectivity index (χ3n) is 3.20. The number of nitrogens with one attached hydrogen (secondary N) is 1. The Labute approximate surface area is 143 Å². The van der Waals surface area contributed by atoms with Gasteiger partial charge in [0.1, 0.15) is 18.7 Å². The lowest BCUT2D eigenvalue weighted by Crippen LogP contribution is -2.25. The molecule has 0 fully saturated rings. The molecule has 25 heavy (non-hydrogen) atoms. The molecule has 0 bridgehead atoms. The molecule has 2 rings (SSSR count). The number of methoxy groups -OCH3 is 1. The highest BCUT2D eigenvalue weighted by atomic mass is 16.5. The minimum absolute atomic E-state index is 0.0149. The molecule has 0 saturated heterocycles. The van der Waals surface area contributed by atoms with Gasteiger partial charge >= 0.3 is 5.97 Å². The molecule has 0 aliphatic rings. The molecule has 0 aliphatic heterocycles. The number of hydrogen-bond donors (Lipinski definition) is 2. The second-order valence-corrected chi connectivity index (χ2v) is 4.98. The maximum atomic E-state index is 11.8. The molecule has 0 spiro atoms. The van der Waals surface area contributed by atoms with Gasteiger partial charge in [0.25, 0.3) is 5.91 Å². The van der Waals surface area contributed by atoms with Gasteiger partial charge in [0.15, 0.2) is 17.3 Å². The van der Waals surface area contributed by atoms with E-state index in [0.29, 0.717) is 29.1 Å². The predicted molar refractivity (Wildman–Crippen MR) is 86.0 cm³/mol. The second-order valence-electron chi connectivity index (χ2n) is 4.98. The van der Waals surface area contributed by atoms with E-state index in [-0.39, 0.29) is 25.3 Å². The molecule has 2 aromatic rings. The molecule has 1 amide bonds. The van der Waals surface area contributed by atoms with E-state index in [1.54, 1.807) is 24.3 Å². The van der Waals surface area contributed by atoms with Gasteiger partial charge in [0.05, 0.1) is 13.5 Å². The molecule has 132 valence electrons. The number of aliphatic carboxylic acids is 1. The van der Waals surface area contributed by atoms with Crippen LogP contribution in [0.25, 0.3) is 0 Å². The monoisotopic (exact) mass is 347 g/mol. The molecule has 1 aromatic carbocycles. The summed E-state index contributed by atoms with van der Waals surface area (Å²) in [5, 5.41) is 11.0. The number of carbonyl (C=O) groups is 3. The number of aldehydes is 1. The van der Waals surface area contributed by atoms with Gasteiger partial charge in [-0.05, 0) is 30.3 Å². The smallest absolute Gasteiger partial charge is 0.305 e. The summed E-state index contributed by atoms with van der Waals surface area (Å²) < 4.78 is 16.1. The summed E-state index contributed by atoms with van der Waals surface area (Å²) in [5.74, 6) is -0.194. The highest BCUT2D eigenvalue weighted by Gasteiger charge is 2.12. The van der Waals surface area contributed by atoms with Crippen LogP contribution in [0.1, 0.15) is 33.1 Å². The standard InChI is InChI=1S/C17H17NO7/c1-23-15-8-11(9-19)2-4-13(15)24-10-12-3-5-14(25-12)17(22)18-7-6-16(20)21/h2-5,8-9H,6-7,10H2,1H3,(H,18,22)(H,20,21). The van der Waals surface area contributed by atoms with Crippen molar-refractivity contribution >= 4 is 18.2 Å². The molecule has 8 nitrogen and oxygen atoms in total. The second kappa shape index (κ2) is 8.53. The van der Waals surface area contributed by atoms with Crippen molar-refractivity contribution in [1.82, 2.24) is 5.32 Å². The minimum Gasteiger partial charge on any atom is -0.493 e. The third kappa shape index (κ3) is 5.10. The Hall–Kier alpha value is -3.29. The molecule has 1 aromatic heterocycles. The lowest BCUT2D eigenvalue weighted by Gasteiger charge is -2.09. The van der Waals surface area contributed by atoms with Gasteiger partial charge < -0.3 is 24.3 Å². The van der Waals surface area contributed by atoms with E-state index < -0.39 is 11.9 Å². The fourth-order valence-electron chi connectivity index (χ4n) is 1.97. The molecule has 1 heterocycles.